The summed E-state index contributed by atoms with van der Waals surface area (Å²) >= 11 is 0. The van der Waals surface area contributed by atoms with E-state index >= 15 is 0 Å². The highest BCUT2D eigenvalue weighted by atomic mass is 14.5. The van der Waals surface area contributed by atoms with E-state index in [1.54, 1.807) is 24.8 Å². The molecule has 3 aromatic carbocycles. The first-order valence-electron chi connectivity index (χ1n) is 10.7. The van der Waals surface area contributed by atoms with Crippen LogP contribution >= 0.6 is 0 Å². The van der Waals surface area contributed by atoms with Gasteiger partial charge in [-0.3, -0.25) is 0 Å². The van der Waals surface area contributed by atoms with Gasteiger partial charge in [-0.2, -0.15) is 0 Å². The van der Waals surface area contributed by atoms with Crippen LogP contribution in [0.3, 0.4) is 0 Å². The molecule has 3 aromatic rings. The fraction of sp³-hybridized carbons (Fsp3) is 0.462. The lowest BCUT2D eigenvalue weighted by Crippen LogP contribution is -2.46. The van der Waals surface area contributed by atoms with Crippen LogP contribution in [0.1, 0.15) is 50.5 Å². The molecule has 0 aliphatic heterocycles. The zero-order valence-electron chi connectivity index (χ0n) is 15.6. The van der Waals surface area contributed by atoms with Crippen molar-refractivity contribution < 1.29 is 0 Å². The highest BCUT2D eigenvalue weighted by molar-refractivity contribution is 6.02. The second-order valence-corrected chi connectivity index (χ2v) is 9.71. The van der Waals surface area contributed by atoms with Crippen molar-refractivity contribution in [3.05, 3.63) is 60.2 Å². The van der Waals surface area contributed by atoms with Gasteiger partial charge in [-0.25, -0.2) is 0 Å². The van der Waals surface area contributed by atoms with Crippen LogP contribution < -0.4 is 0 Å². The molecule has 4 fully saturated rings. The largest absolute Gasteiger partial charge is 0.0616 e. The van der Waals surface area contributed by atoms with E-state index in [1.807, 2.05) is 0 Å². The average molecular weight is 341 g/mol. The molecule has 0 unspecified atom stereocenters. The van der Waals surface area contributed by atoms with Gasteiger partial charge in [-0.1, -0.05) is 48.5 Å². The summed E-state index contributed by atoms with van der Waals surface area (Å²) in [5.74, 6) is 3.18. The lowest BCUT2D eigenvalue weighted by Gasteiger charge is -2.57. The van der Waals surface area contributed by atoms with Crippen molar-refractivity contribution in [2.75, 3.05) is 0 Å². The Morgan fingerprint density at radius 2 is 1.19 bits per heavy atom. The van der Waals surface area contributed by atoms with Gasteiger partial charge in [0, 0.05) is 0 Å². The molecule has 0 amide bonds. The van der Waals surface area contributed by atoms with Crippen molar-refractivity contribution >= 4 is 21.5 Å². The molecule has 132 valence electrons. The van der Waals surface area contributed by atoms with Crippen LogP contribution in [-0.4, -0.2) is 0 Å². The molecule has 0 N–H and O–H groups in total. The molecule has 26 heavy (non-hydrogen) atoms. The number of hydrogen-bond acceptors (Lipinski definition) is 0. The molecule has 0 heteroatoms. The summed E-state index contributed by atoms with van der Waals surface area (Å²) in [6, 6.07) is 20.4. The molecule has 4 aliphatic carbocycles. The lowest BCUT2D eigenvalue weighted by molar-refractivity contribution is -0.0568. The van der Waals surface area contributed by atoms with Crippen molar-refractivity contribution in [2.24, 2.45) is 23.2 Å². The third-order valence-corrected chi connectivity index (χ3v) is 7.95. The normalized spacial score (nSPS) is 32.5. The van der Waals surface area contributed by atoms with Gasteiger partial charge in [0.2, 0.25) is 0 Å². The van der Waals surface area contributed by atoms with Gasteiger partial charge in [0.15, 0.2) is 0 Å². The monoisotopic (exact) mass is 340 g/mol. The SMILES string of the molecule is c1ccc2c(CCC34CC5CC(CC(C5)C3)C4)c3ccccc3cc2c1. The van der Waals surface area contributed by atoms with Gasteiger partial charge in [-0.05, 0) is 108 Å². The zero-order chi connectivity index (χ0) is 17.1. The predicted molar refractivity (Wildman–Crippen MR) is 110 cm³/mol. The third-order valence-electron chi connectivity index (χ3n) is 7.95. The first kappa shape index (κ1) is 15.3. The molecule has 4 aliphatic rings. The van der Waals surface area contributed by atoms with Crippen molar-refractivity contribution in [1.29, 1.82) is 0 Å². The van der Waals surface area contributed by atoms with E-state index < -0.39 is 0 Å². The maximum atomic E-state index is 2.37. The average Bonchev–Trinajstić information content (AvgIpc) is 2.64. The van der Waals surface area contributed by atoms with E-state index in [9.17, 15) is 0 Å². The van der Waals surface area contributed by atoms with Gasteiger partial charge < -0.3 is 0 Å². The van der Waals surface area contributed by atoms with E-state index in [0.717, 1.165) is 17.8 Å². The maximum Gasteiger partial charge on any atom is -0.0146 e. The van der Waals surface area contributed by atoms with E-state index in [-0.39, 0.29) is 0 Å². The molecule has 0 heterocycles. The van der Waals surface area contributed by atoms with Crippen LogP contribution in [0.15, 0.2) is 54.6 Å². The van der Waals surface area contributed by atoms with Crippen LogP contribution in [0.2, 0.25) is 0 Å². The van der Waals surface area contributed by atoms with Crippen LogP contribution in [0, 0.1) is 23.2 Å². The van der Waals surface area contributed by atoms with Crippen LogP contribution in [0.25, 0.3) is 21.5 Å². The van der Waals surface area contributed by atoms with E-state index in [4.69, 9.17) is 0 Å². The minimum atomic E-state index is 0.673. The van der Waals surface area contributed by atoms with Crippen LogP contribution in [-0.2, 0) is 6.42 Å². The third kappa shape index (κ3) is 2.34. The molecule has 4 saturated carbocycles. The Morgan fingerprint density at radius 3 is 1.73 bits per heavy atom. The second kappa shape index (κ2) is 5.59. The Kier molecular flexibility index (Phi) is 3.28. The summed E-state index contributed by atoms with van der Waals surface area (Å²) in [5, 5.41) is 5.78. The minimum absolute atomic E-state index is 0.673. The van der Waals surface area contributed by atoms with E-state index in [2.05, 4.69) is 54.6 Å². The van der Waals surface area contributed by atoms with Crippen molar-refractivity contribution in [1.82, 2.24) is 0 Å². The predicted octanol–water partition coefficient (Wildman–Crippen LogP) is 7.14. The molecule has 0 saturated heterocycles. The minimum Gasteiger partial charge on any atom is -0.0616 e. The first-order valence-corrected chi connectivity index (χ1v) is 10.7. The summed E-state index contributed by atoms with van der Waals surface area (Å²) < 4.78 is 0. The Hall–Kier alpha value is -1.82. The number of hydrogen-bond donors (Lipinski definition) is 0. The molecule has 0 atom stereocenters. The standard InChI is InChI=1S/C26H28/c1-3-7-23-21(5-1)14-22-6-2-4-8-24(22)25(23)9-10-26-15-18-11-19(16-26)13-20(12-18)17-26/h1-8,14,18-20H,9-13,15-17H2. The smallest absolute Gasteiger partial charge is 0.0146 e. The molecular weight excluding hydrogens is 312 g/mol. The summed E-state index contributed by atoms with van der Waals surface area (Å²) in [4.78, 5) is 0. The Morgan fingerprint density at radius 1 is 0.692 bits per heavy atom. The van der Waals surface area contributed by atoms with Gasteiger partial charge in [0.25, 0.3) is 0 Å². The summed E-state index contributed by atoms with van der Waals surface area (Å²) in [5.41, 5.74) is 2.28. The topological polar surface area (TPSA) is 0 Å². The Balaban J connectivity index is 1.40. The summed E-state index contributed by atoms with van der Waals surface area (Å²) in [7, 11) is 0. The molecule has 0 spiro atoms. The van der Waals surface area contributed by atoms with Gasteiger partial charge >= 0.3 is 0 Å². The first-order chi connectivity index (χ1) is 12.8. The van der Waals surface area contributed by atoms with Crippen molar-refractivity contribution in [3.63, 3.8) is 0 Å². The van der Waals surface area contributed by atoms with Crippen LogP contribution in [0.5, 0.6) is 0 Å². The number of benzene rings is 3. The van der Waals surface area contributed by atoms with Crippen molar-refractivity contribution in [3.8, 4) is 0 Å². The fourth-order valence-electron chi connectivity index (χ4n) is 7.36. The molecule has 7 rings (SSSR count). The molecule has 0 aromatic heterocycles. The lowest BCUT2D eigenvalue weighted by atomic mass is 9.48. The van der Waals surface area contributed by atoms with Gasteiger partial charge in [0.1, 0.15) is 0 Å². The zero-order valence-corrected chi connectivity index (χ0v) is 15.6. The Bertz CT molecular complexity index is 890. The Labute approximate surface area is 156 Å². The maximum absolute atomic E-state index is 2.37. The number of rotatable bonds is 3. The van der Waals surface area contributed by atoms with Crippen LogP contribution in [0.4, 0.5) is 0 Å². The summed E-state index contributed by atoms with van der Waals surface area (Å²) in [6.07, 6.45) is 11.9. The highest BCUT2D eigenvalue weighted by Gasteiger charge is 2.50. The van der Waals surface area contributed by atoms with Gasteiger partial charge in [-0.15, -0.1) is 0 Å². The summed E-state index contributed by atoms with van der Waals surface area (Å²) in [6.45, 7) is 0. The fourth-order valence-corrected chi connectivity index (χ4v) is 7.36. The second-order valence-electron chi connectivity index (χ2n) is 9.71. The van der Waals surface area contributed by atoms with Gasteiger partial charge in [0.05, 0.1) is 0 Å². The van der Waals surface area contributed by atoms with E-state index in [1.165, 1.54) is 53.6 Å². The van der Waals surface area contributed by atoms with E-state index in [0.29, 0.717) is 5.41 Å². The van der Waals surface area contributed by atoms with Crippen molar-refractivity contribution in [2.45, 2.75) is 51.4 Å². The molecule has 4 bridgehead atoms. The highest BCUT2D eigenvalue weighted by Crippen LogP contribution is 2.61. The number of fused-ring (bicyclic) bond motifs is 2. The number of aryl methyl sites for hydroxylation is 1. The molecule has 0 nitrogen and oxygen atoms in total. The molecular formula is C26H28. The molecule has 0 radical (unpaired) electrons. The quantitative estimate of drug-likeness (QED) is 0.444.